The van der Waals surface area contributed by atoms with Crippen molar-refractivity contribution in [3.05, 3.63) is 11.1 Å². The standard InChI is InChI=1S/C10H20N2.C2H2O4.Pt/c1-10(2,3)12-9-7-5-4-6-8(9)11;3-1(4)2(5)6;/h8-9,11H,4-7H2,1-3H3;(H,3,4)(H,5,6);/q-2;;+2. The molecule has 2 atom stereocenters. The Labute approximate surface area is 128 Å². The molecule has 0 amide bonds. The fourth-order valence-corrected chi connectivity index (χ4v) is 1.76. The molecular formula is C12H22N2O4Pt. The zero-order valence-corrected chi connectivity index (χ0v) is 13.7. The van der Waals surface area contributed by atoms with Gasteiger partial charge in [-0.3, -0.25) is 0 Å². The number of nitrogens with zero attached hydrogens (tertiary/aromatic N) is 1. The molecule has 1 saturated carbocycles. The van der Waals surface area contributed by atoms with Crippen molar-refractivity contribution in [3.8, 4) is 0 Å². The van der Waals surface area contributed by atoms with Crippen LogP contribution < -0.4 is 0 Å². The average Bonchev–Trinajstić information content (AvgIpc) is 2.20. The first kappa shape index (κ1) is 20.9. The summed E-state index contributed by atoms with van der Waals surface area (Å²) >= 11 is 0. The summed E-state index contributed by atoms with van der Waals surface area (Å²) in [5.74, 6) is -3.65. The maximum Gasteiger partial charge on any atom is 2.00 e. The first-order valence-electron chi connectivity index (χ1n) is 6.03. The molecule has 0 bridgehead atoms. The zero-order chi connectivity index (χ0) is 14.3. The van der Waals surface area contributed by atoms with E-state index in [0.717, 1.165) is 12.8 Å². The SMILES string of the molecule is CC(C)(C)[N-]C1CCCCC1[NH-].O=C(O)C(=O)O.[Pt+2]. The van der Waals surface area contributed by atoms with Gasteiger partial charge in [0.05, 0.1) is 0 Å². The van der Waals surface area contributed by atoms with Crippen LogP contribution >= 0.6 is 0 Å². The molecule has 6 nitrogen and oxygen atoms in total. The van der Waals surface area contributed by atoms with Gasteiger partial charge in [0, 0.05) is 0 Å². The first-order chi connectivity index (χ1) is 8.13. The second-order valence-corrected chi connectivity index (χ2v) is 5.37. The molecule has 7 heteroatoms. The predicted octanol–water partition coefficient (Wildman–Crippen LogP) is 2.68. The van der Waals surface area contributed by atoms with Gasteiger partial charge < -0.3 is 21.3 Å². The second kappa shape index (κ2) is 9.45. The molecule has 1 aliphatic rings. The maximum atomic E-state index is 9.10. The number of rotatable bonds is 1. The van der Waals surface area contributed by atoms with Crippen LogP contribution in [0.4, 0.5) is 0 Å². The molecule has 0 aromatic rings. The fourth-order valence-electron chi connectivity index (χ4n) is 1.76. The Balaban J connectivity index is 0. The fraction of sp³-hybridized carbons (Fsp3) is 0.833. The van der Waals surface area contributed by atoms with Crippen molar-refractivity contribution < 1.29 is 40.9 Å². The number of carboxylic acids is 2. The summed E-state index contributed by atoms with van der Waals surface area (Å²) in [5.41, 5.74) is 7.86. The number of hydrogen-bond donors (Lipinski definition) is 2. The molecule has 3 N–H and O–H groups in total. The molecule has 114 valence electrons. The molecule has 19 heavy (non-hydrogen) atoms. The molecule has 0 heterocycles. The average molecular weight is 453 g/mol. The normalized spacial score (nSPS) is 22.5. The van der Waals surface area contributed by atoms with Crippen molar-refractivity contribution in [2.24, 2.45) is 0 Å². The summed E-state index contributed by atoms with van der Waals surface area (Å²) in [7, 11) is 0. The molecule has 0 saturated heterocycles. The van der Waals surface area contributed by atoms with Gasteiger partial charge in [0.15, 0.2) is 0 Å². The van der Waals surface area contributed by atoms with Crippen LogP contribution in [0.25, 0.3) is 11.1 Å². The number of carbonyl (C=O) groups is 2. The quantitative estimate of drug-likeness (QED) is 0.595. The van der Waals surface area contributed by atoms with Crippen LogP contribution in [0.5, 0.6) is 0 Å². The number of carboxylic acid groups (broad SMARTS) is 2. The Morgan fingerprint density at radius 3 is 1.84 bits per heavy atom. The van der Waals surface area contributed by atoms with Crippen LogP contribution in [-0.2, 0) is 30.7 Å². The smallest absolute Gasteiger partial charge is 0.676 e. The van der Waals surface area contributed by atoms with E-state index in [9.17, 15) is 0 Å². The molecule has 1 aliphatic carbocycles. The third kappa shape index (κ3) is 11.1. The van der Waals surface area contributed by atoms with E-state index in [1.165, 1.54) is 12.8 Å². The van der Waals surface area contributed by atoms with E-state index in [-0.39, 0.29) is 32.6 Å². The predicted molar refractivity (Wildman–Crippen MR) is 68.7 cm³/mol. The van der Waals surface area contributed by atoms with Crippen LogP contribution in [0.2, 0.25) is 0 Å². The molecular weight excluding hydrogens is 431 g/mol. The number of hydrogen-bond acceptors (Lipinski definition) is 2. The van der Waals surface area contributed by atoms with Crippen LogP contribution in [0.3, 0.4) is 0 Å². The number of nitrogens with one attached hydrogen (secondary N) is 1. The summed E-state index contributed by atoms with van der Waals surface area (Å²) in [5, 5.41) is 19.4. The van der Waals surface area contributed by atoms with Gasteiger partial charge in [-0.05, 0) is 0 Å². The summed E-state index contributed by atoms with van der Waals surface area (Å²) in [6.45, 7) is 6.36. The van der Waals surface area contributed by atoms with Gasteiger partial charge in [0.1, 0.15) is 0 Å². The maximum absolute atomic E-state index is 9.10. The van der Waals surface area contributed by atoms with E-state index in [0.29, 0.717) is 6.04 Å². The topological polar surface area (TPSA) is 113 Å². The third-order valence-corrected chi connectivity index (χ3v) is 2.47. The van der Waals surface area contributed by atoms with E-state index in [1.807, 2.05) is 0 Å². The van der Waals surface area contributed by atoms with Crippen LogP contribution in [-0.4, -0.2) is 39.8 Å². The van der Waals surface area contributed by atoms with Crippen LogP contribution in [0.1, 0.15) is 46.5 Å². The van der Waals surface area contributed by atoms with Gasteiger partial charge in [0.2, 0.25) is 0 Å². The molecule has 1 rings (SSSR count). The second-order valence-electron chi connectivity index (χ2n) is 5.37. The minimum absolute atomic E-state index is 0. The van der Waals surface area contributed by atoms with Crippen molar-refractivity contribution in [3.63, 3.8) is 0 Å². The molecule has 0 aliphatic heterocycles. The van der Waals surface area contributed by atoms with E-state index in [2.05, 4.69) is 26.1 Å². The third-order valence-electron chi connectivity index (χ3n) is 2.47. The van der Waals surface area contributed by atoms with E-state index in [4.69, 9.17) is 25.5 Å². The van der Waals surface area contributed by atoms with Gasteiger partial charge in [0.25, 0.3) is 0 Å². The van der Waals surface area contributed by atoms with Crippen molar-refractivity contribution >= 4 is 11.9 Å². The largest absolute Gasteiger partial charge is 2.00 e. The molecule has 1 fully saturated rings. The Morgan fingerprint density at radius 1 is 1.11 bits per heavy atom. The Hall–Kier alpha value is -0.452. The van der Waals surface area contributed by atoms with Gasteiger partial charge in [-0.2, -0.15) is 12.1 Å². The Kier molecular flexibility index (Phi) is 10.4. The molecule has 0 aromatic carbocycles. The summed E-state index contributed by atoms with van der Waals surface area (Å²) in [6.07, 6.45) is 4.67. The number of aliphatic carboxylic acids is 2. The summed E-state index contributed by atoms with van der Waals surface area (Å²) in [6, 6.07) is 0.372. The van der Waals surface area contributed by atoms with Gasteiger partial charge in [-0.1, -0.05) is 46.5 Å². The van der Waals surface area contributed by atoms with Gasteiger partial charge in [-0.15, -0.1) is 5.54 Å². The van der Waals surface area contributed by atoms with E-state index in [1.54, 1.807) is 0 Å². The summed E-state index contributed by atoms with van der Waals surface area (Å²) < 4.78 is 0. The van der Waals surface area contributed by atoms with Crippen molar-refractivity contribution in [2.45, 2.75) is 64.1 Å². The molecule has 0 aromatic heterocycles. The van der Waals surface area contributed by atoms with E-state index >= 15 is 0 Å². The van der Waals surface area contributed by atoms with Crippen molar-refractivity contribution in [2.75, 3.05) is 0 Å². The van der Waals surface area contributed by atoms with Gasteiger partial charge >= 0.3 is 33.0 Å². The molecule has 0 spiro atoms. The summed E-state index contributed by atoms with van der Waals surface area (Å²) in [4.78, 5) is 18.2. The molecule has 0 radical (unpaired) electrons. The van der Waals surface area contributed by atoms with Crippen molar-refractivity contribution in [1.82, 2.24) is 0 Å². The Morgan fingerprint density at radius 2 is 1.53 bits per heavy atom. The monoisotopic (exact) mass is 453 g/mol. The van der Waals surface area contributed by atoms with Crippen LogP contribution in [0.15, 0.2) is 0 Å². The molecule has 2 unspecified atom stereocenters. The Bertz CT molecular complexity index is 280. The minimum atomic E-state index is -1.82. The van der Waals surface area contributed by atoms with Gasteiger partial charge in [-0.25, -0.2) is 9.59 Å². The van der Waals surface area contributed by atoms with E-state index < -0.39 is 11.9 Å². The van der Waals surface area contributed by atoms with Crippen LogP contribution in [0, 0.1) is 0 Å². The minimum Gasteiger partial charge on any atom is -0.676 e. The van der Waals surface area contributed by atoms with Crippen molar-refractivity contribution in [1.29, 1.82) is 0 Å². The zero-order valence-electron chi connectivity index (χ0n) is 11.5. The first-order valence-corrected chi connectivity index (χ1v) is 6.03.